The van der Waals surface area contributed by atoms with Crippen molar-refractivity contribution in [1.82, 2.24) is 0 Å². The highest BCUT2D eigenvalue weighted by Gasteiger charge is 2.30. The van der Waals surface area contributed by atoms with Crippen LogP contribution in [-0.2, 0) is 0 Å². The van der Waals surface area contributed by atoms with Crippen LogP contribution in [0.2, 0.25) is 0 Å². The highest BCUT2D eigenvalue weighted by molar-refractivity contribution is 4.93. The van der Waals surface area contributed by atoms with Crippen molar-refractivity contribution >= 4 is 0 Å². The Bertz CT molecular complexity index is 112. The van der Waals surface area contributed by atoms with Gasteiger partial charge in [-0.2, -0.15) is 5.26 Å². The predicted molar refractivity (Wildman–Crippen MR) is 28.9 cm³/mol. The van der Waals surface area contributed by atoms with Crippen LogP contribution in [0.4, 0.5) is 0 Å². The lowest BCUT2D eigenvalue weighted by Gasteiger charge is -1.97. The first-order valence-corrected chi connectivity index (χ1v) is 2.89. The largest absolute Gasteiger partial charge is 0.395 e. The first-order chi connectivity index (χ1) is 3.88. The Hall–Kier alpha value is -0.550. The molecule has 1 aliphatic carbocycles. The Kier molecular flexibility index (Phi) is 1.50. The maximum absolute atomic E-state index is 8.51. The van der Waals surface area contributed by atoms with E-state index < -0.39 is 0 Å². The molecule has 0 heterocycles. The first kappa shape index (κ1) is 5.58. The van der Waals surface area contributed by atoms with E-state index >= 15 is 0 Å². The Morgan fingerprint density at radius 3 is 2.50 bits per heavy atom. The fourth-order valence-corrected chi connectivity index (χ4v) is 0.794. The summed E-state index contributed by atoms with van der Waals surface area (Å²) in [4.78, 5) is 0. The Morgan fingerprint density at radius 1 is 1.75 bits per heavy atom. The van der Waals surface area contributed by atoms with Crippen molar-refractivity contribution < 1.29 is 5.11 Å². The second-order valence-corrected chi connectivity index (χ2v) is 2.26. The highest BCUT2D eigenvalue weighted by Crippen LogP contribution is 2.35. The molecule has 0 aromatic carbocycles. The van der Waals surface area contributed by atoms with Gasteiger partial charge in [-0.15, -0.1) is 0 Å². The van der Waals surface area contributed by atoms with Gasteiger partial charge in [0.15, 0.2) is 0 Å². The number of rotatable bonds is 2. The van der Waals surface area contributed by atoms with E-state index in [4.69, 9.17) is 10.4 Å². The zero-order chi connectivity index (χ0) is 5.98. The van der Waals surface area contributed by atoms with Crippen LogP contribution < -0.4 is 0 Å². The normalized spacial score (nSPS) is 22.0. The van der Waals surface area contributed by atoms with Crippen LogP contribution in [0.3, 0.4) is 0 Å². The minimum absolute atomic E-state index is 0.0428. The number of aliphatic hydroxyl groups is 1. The van der Waals surface area contributed by atoms with Crippen LogP contribution in [0.1, 0.15) is 12.8 Å². The molecule has 0 amide bonds. The molecule has 0 aromatic heterocycles. The van der Waals surface area contributed by atoms with Crippen LogP contribution in [-0.4, -0.2) is 11.7 Å². The van der Waals surface area contributed by atoms with E-state index in [0.717, 1.165) is 12.8 Å². The van der Waals surface area contributed by atoms with E-state index in [9.17, 15) is 0 Å². The van der Waals surface area contributed by atoms with Crippen molar-refractivity contribution in [1.29, 1.82) is 5.26 Å². The summed E-state index contributed by atoms with van der Waals surface area (Å²) in [6, 6.07) is 2.06. The van der Waals surface area contributed by atoms with Gasteiger partial charge < -0.3 is 5.11 Å². The van der Waals surface area contributed by atoms with Gasteiger partial charge in [-0.3, -0.25) is 0 Å². The fourth-order valence-electron chi connectivity index (χ4n) is 0.794. The third-order valence-electron chi connectivity index (χ3n) is 1.55. The number of hydrogen-bond acceptors (Lipinski definition) is 2. The van der Waals surface area contributed by atoms with Crippen molar-refractivity contribution in [3.8, 4) is 6.07 Å². The number of nitriles is 1. The number of hydrogen-bond donors (Lipinski definition) is 1. The Labute approximate surface area is 48.7 Å². The van der Waals surface area contributed by atoms with E-state index in [0.29, 0.717) is 5.92 Å². The van der Waals surface area contributed by atoms with Crippen LogP contribution in [0.25, 0.3) is 0 Å². The molecule has 1 aliphatic rings. The van der Waals surface area contributed by atoms with Gasteiger partial charge in [0, 0.05) is 0 Å². The summed E-state index contributed by atoms with van der Waals surface area (Å²) in [6.07, 6.45) is 2.28. The average Bonchev–Trinajstić information content (AvgIpc) is 2.53. The molecule has 44 valence electrons. The monoisotopic (exact) mass is 111 g/mol. The van der Waals surface area contributed by atoms with Gasteiger partial charge in [0.25, 0.3) is 0 Å². The summed E-state index contributed by atoms with van der Waals surface area (Å²) in [5, 5.41) is 16.8. The number of nitrogens with zero attached hydrogens (tertiary/aromatic N) is 1. The molecule has 1 saturated carbocycles. The molecule has 0 aromatic rings. The molecule has 0 radical (unpaired) electrons. The van der Waals surface area contributed by atoms with Crippen molar-refractivity contribution in [3.05, 3.63) is 0 Å². The predicted octanol–water partition coefficient (Wildman–Crippen LogP) is 0.528. The smallest absolute Gasteiger partial charge is 0.0722 e. The molecule has 1 N–H and O–H groups in total. The van der Waals surface area contributed by atoms with Gasteiger partial charge in [0.1, 0.15) is 0 Å². The first-order valence-electron chi connectivity index (χ1n) is 2.89. The molecular formula is C6H9NO. The molecule has 2 nitrogen and oxygen atoms in total. The Balaban J connectivity index is 2.29. The van der Waals surface area contributed by atoms with Crippen LogP contribution >= 0.6 is 0 Å². The summed E-state index contributed by atoms with van der Waals surface area (Å²) in [6.45, 7) is 0.0428. The van der Waals surface area contributed by atoms with Crippen molar-refractivity contribution in [3.63, 3.8) is 0 Å². The highest BCUT2D eigenvalue weighted by atomic mass is 16.3. The second-order valence-electron chi connectivity index (χ2n) is 2.26. The Morgan fingerprint density at radius 2 is 2.38 bits per heavy atom. The van der Waals surface area contributed by atoms with Crippen molar-refractivity contribution in [2.45, 2.75) is 12.8 Å². The van der Waals surface area contributed by atoms with Gasteiger partial charge >= 0.3 is 0 Å². The van der Waals surface area contributed by atoms with E-state index in [2.05, 4.69) is 6.07 Å². The van der Waals surface area contributed by atoms with Crippen LogP contribution in [0.15, 0.2) is 0 Å². The second kappa shape index (κ2) is 2.15. The number of aliphatic hydroxyl groups excluding tert-OH is 1. The molecule has 0 aliphatic heterocycles. The average molecular weight is 111 g/mol. The third-order valence-corrected chi connectivity index (χ3v) is 1.55. The molecule has 0 saturated heterocycles. The third kappa shape index (κ3) is 0.988. The van der Waals surface area contributed by atoms with Gasteiger partial charge in [-0.25, -0.2) is 0 Å². The quantitative estimate of drug-likeness (QED) is 0.564. The lowest BCUT2D eigenvalue weighted by Crippen LogP contribution is -2.04. The van der Waals surface area contributed by atoms with Gasteiger partial charge in [-0.1, -0.05) is 0 Å². The zero-order valence-corrected chi connectivity index (χ0v) is 4.67. The summed E-state index contributed by atoms with van der Waals surface area (Å²) in [7, 11) is 0. The maximum Gasteiger partial charge on any atom is 0.0722 e. The molecular weight excluding hydrogens is 102 g/mol. The summed E-state index contributed by atoms with van der Waals surface area (Å²) < 4.78 is 0. The molecule has 2 heteroatoms. The van der Waals surface area contributed by atoms with E-state index in [1.807, 2.05) is 0 Å². The minimum Gasteiger partial charge on any atom is -0.395 e. The minimum atomic E-state index is -0.0741. The van der Waals surface area contributed by atoms with Crippen molar-refractivity contribution in [2.24, 2.45) is 11.8 Å². The maximum atomic E-state index is 8.51. The molecule has 1 atom stereocenters. The lowest BCUT2D eigenvalue weighted by molar-refractivity contribution is 0.243. The van der Waals surface area contributed by atoms with Crippen LogP contribution in [0.5, 0.6) is 0 Å². The van der Waals surface area contributed by atoms with Gasteiger partial charge in [-0.05, 0) is 18.8 Å². The van der Waals surface area contributed by atoms with Crippen LogP contribution in [0, 0.1) is 23.2 Å². The lowest BCUT2D eigenvalue weighted by atomic mass is 10.1. The molecule has 1 unspecified atom stereocenters. The molecule has 0 spiro atoms. The molecule has 1 fully saturated rings. The fraction of sp³-hybridized carbons (Fsp3) is 0.833. The van der Waals surface area contributed by atoms with E-state index in [-0.39, 0.29) is 12.5 Å². The summed E-state index contributed by atoms with van der Waals surface area (Å²) >= 11 is 0. The zero-order valence-electron chi connectivity index (χ0n) is 4.67. The van der Waals surface area contributed by atoms with Gasteiger partial charge in [0.05, 0.1) is 18.6 Å². The van der Waals surface area contributed by atoms with E-state index in [1.165, 1.54) is 0 Å². The van der Waals surface area contributed by atoms with Gasteiger partial charge in [0.2, 0.25) is 0 Å². The standard InChI is InChI=1S/C6H9NO/c7-3-6(4-8)5-1-2-5/h5-6,8H,1-2,4H2. The topological polar surface area (TPSA) is 44.0 Å². The van der Waals surface area contributed by atoms with E-state index in [1.54, 1.807) is 0 Å². The molecule has 0 bridgehead atoms. The molecule has 1 rings (SSSR count). The summed E-state index contributed by atoms with van der Waals surface area (Å²) in [5.74, 6) is 0.444. The SMILES string of the molecule is N#CC(CO)C1CC1. The molecule has 8 heavy (non-hydrogen) atoms. The summed E-state index contributed by atoms with van der Waals surface area (Å²) in [5.41, 5.74) is 0. The van der Waals surface area contributed by atoms with Crippen molar-refractivity contribution in [2.75, 3.05) is 6.61 Å².